The van der Waals surface area contributed by atoms with Gasteiger partial charge in [-0.05, 0) is 19.3 Å². The molecule has 4 heterocycles. The summed E-state index contributed by atoms with van der Waals surface area (Å²) in [5.41, 5.74) is 6.19. The van der Waals surface area contributed by atoms with Crippen LogP contribution < -0.4 is 14.8 Å². The number of nitrogens with zero attached hydrogens (tertiary/aromatic N) is 6. The first-order chi connectivity index (χ1) is 20.4. The van der Waals surface area contributed by atoms with Gasteiger partial charge in [0.2, 0.25) is 11.8 Å². The Labute approximate surface area is 254 Å². The van der Waals surface area contributed by atoms with Crippen LogP contribution in [0.5, 0.6) is 11.8 Å². The fourth-order valence-electron chi connectivity index (χ4n) is 5.12. The first kappa shape index (κ1) is 28.1. The maximum atomic E-state index is 7.02. The molecule has 1 N–H and O–H groups in total. The molecule has 0 saturated carbocycles. The highest BCUT2D eigenvalue weighted by Crippen LogP contribution is 2.42. The van der Waals surface area contributed by atoms with Crippen molar-refractivity contribution < 1.29 is 9.47 Å². The molecule has 214 valence electrons. The Bertz CT molecular complexity index is 1610. The number of rotatable bonds is 7. The summed E-state index contributed by atoms with van der Waals surface area (Å²) in [5, 5.41) is 4.28. The zero-order valence-electron chi connectivity index (χ0n) is 23.7. The van der Waals surface area contributed by atoms with Gasteiger partial charge < -0.3 is 14.8 Å². The zero-order chi connectivity index (χ0) is 29.4. The number of benzene rings is 2. The lowest BCUT2D eigenvalue weighted by atomic mass is 9.98. The number of aliphatic imine (C=N–C) groups is 2. The monoisotopic (exact) mass is 601 g/mol. The summed E-state index contributed by atoms with van der Waals surface area (Å²) in [6, 6.07) is 11.7. The second kappa shape index (κ2) is 11.7. The van der Waals surface area contributed by atoms with Gasteiger partial charge in [0.1, 0.15) is 5.69 Å². The average Bonchev–Trinajstić information content (AvgIpc) is 3.64. The molecular formula is C31H29Cl2N7O2. The minimum atomic E-state index is 0.230. The van der Waals surface area contributed by atoms with E-state index < -0.39 is 0 Å². The second-order valence-corrected chi connectivity index (χ2v) is 11.1. The molecule has 2 atom stereocenters. The molecule has 11 heteroatoms. The zero-order valence-corrected chi connectivity index (χ0v) is 25.2. The third-order valence-corrected chi connectivity index (χ3v) is 8.06. The molecule has 2 aromatic heterocycles. The molecule has 0 radical (unpaired) electrons. The van der Waals surface area contributed by atoms with Crippen molar-refractivity contribution >= 4 is 34.7 Å². The summed E-state index contributed by atoms with van der Waals surface area (Å²) in [7, 11) is 3.15. The molecule has 4 aromatic rings. The molecule has 42 heavy (non-hydrogen) atoms. The predicted octanol–water partition coefficient (Wildman–Crippen LogP) is 6.16. The van der Waals surface area contributed by atoms with E-state index in [9.17, 15) is 0 Å². The molecule has 0 spiro atoms. The van der Waals surface area contributed by atoms with Crippen LogP contribution in [-0.4, -0.2) is 64.8 Å². The smallest absolute Gasteiger partial charge is 0.244 e. The Morgan fingerprint density at radius 3 is 1.79 bits per heavy atom. The van der Waals surface area contributed by atoms with Crippen molar-refractivity contribution in [3.63, 3.8) is 0 Å². The fourth-order valence-corrected chi connectivity index (χ4v) is 5.77. The van der Waals surface area contributed by atoms with Crippen molar-refractivity contribution in [1.82, 2.24) is 25.3 Å². The van der Waals surface area contributed by atoms with Crippen molar-refractivity contribution in [3.8, 4) is 45.4 Å². The van der Waals surface area contributed by atoms with Crippen LogP contribution in [0.15, 0.2) is 58.8 Å². The molecule has 2 aliphatic heterocycles. The van der Waals surface area contributed by atoms with Gasteiger partial charge in [-0.1, -0.05) is 66.5 Å². The predicted molar refractivity (Wildman–Crippen MR) is 166 cm³/mol. The van der Waals surface area contributed by atoms with Crippen LogP contribution >= 0.6 is 23.2 Å². The number of hydrogen-bond donors (Lipinski definition) is 1. The highest BCUT2D eigenvalue weighted by atomic mass is 35.5. The van der Waals surface area contributed by atoms with Crippen LogP contribution in [0.1, 0.15) is 31.7 Å². The van der Waals surface area contributed by atoms with E-state index in [-0.39, 0.29) is 6.04 Å². The van der Waals surface area contributed by atoms with Gasteiger partial charge in [-0.25, -0.2) is 19.9 Å². The Morgan fingerprint density at radius 2 is 1.29 bits per heavy atom. The van der Waals surface area contributed by atoms with Crippen LogP contribution in [0.2, 0.25) is 10.0 Å². The number of methoxy groups -OCH3 is 2. The van der Waals surface area contributed by atoms with Gasteiger partial charge in [0.05, 0.1) is 60.3 Å². The summed E-state index contributed by atoms with van der Waals surface area (Å²) in [5.74, 6) is 1.93. The van der Waals surface area contributed by atoms with Crippen molar-refractivity contribution in [3.05, 3.63) is 70.2 Å². The van der Waals surface area contributed by atoms with E-state index in [1.807, 2.05) is 36.4 Å². The summed E-state index contributed by atoms with van der Waals surface area (Å²) < 4.78 is 11.2. The Morgan fingerprint density at radius 1 is 0.738 bits per heavy atom. The molecule has 0 saturated heterocycles. The molecule has 6 rings (SSSR count). The van der Waals surface area contributed by atoms with E-state index in [1.54, 1.807) is 26.6 Å². The van der Waals surface area contributed by atoms with Gasteiger partial charge in [-0.15, -0.1) is 0 Å². The normalized spacial score (nSPS) is 18.0. The van der Waals surface area contributed by atoms with Crippen molar-refractivity contribution in [2.75, 3.05) is 27.3 Å². The highest BCUT2D eigenvalue weighted by molar-refractivity contribution is 6.39. The lowest BCUT2D eigenvalue weighted by Crippen LogP contribution is -2.28. The molecule has 0 amide bonds. The van der Waals surface area contributed by atoms with Crippen LogP contribution in [0.3, 0.4) is 0 Å². The van der Waals surface area contributed by atoms with E-state index >= 15 is 0 Å². The minimum Gasteiger partial charge on any atom is -0.479 e. The third-order valence-electron chi connectivity index (χ3n) is 7.25. The topological polar surface area (TPSA) is 107 Å². The van der Waals surface area contributed by atoms with Crippen molar-refractivity contribution in [1.29, 1.82) is 0 Å². The maximum Gasteiger partial charge on any atom is 0.244 e. The maximum absolute atomic E-state index is 7.02. The fraction of sp³-hybridized carbons (Fsp3) is 0.290. The SMILES string of the molecule is COc1nc(-c2cccc(-c3cccc(-c4cnc(C5=NC[C@H](C)N5)c(OC)n4)c3Cl)c2Cl)cnc1C1=NC[C@H](C)C1. The first-order valence-electron chi connectivity index (χ1n) is 13.6. The molecule has 2 aliphatic rings. The number of amidine groups is 1. The molecule has 0 bridgehead atoms. The Balaban J connectivity index is 1.37. The molecule has 2 aromatic carbocycles. The van der Waals surface area contributed by atoms with Crippen molar-refractivity contribution in [2.24, 2.45) is 15.9 Å². The van der Waals surface area contributed by atoms with E-state index in [2.05, 4.69) is 39.1 Å². The van der Waals surface area contributed by atoms with Gasteiger partial charge in [0.25, 0.3) is 0 Å². The summed E-state index contributed by atoms with van der Waals surface area (Å²) in [6.45, 7) is 5.68. The van der Waals surface area contributed by atoms with Crippen LogP contribution in [0.25, 0.3) is 33.6 Å². The summed E-state index contributed by atoms with van der Waals surface area (Å²) in [4.78, 5) is 27.9. The number of halogens is 2. The standard InChI is InChI=1S/C31H29Cl2N7O2/c1-16-11-22(34-12-16)27-30(41-3)39-23(14-35-27)20-9-5-7-18(25(20)32)19-8-6-10-21(26(19)33)24-15-36-28(31(40-24)42-4)29-37-13-17(2)38-29/h5-10,14-17H,11-13H2,1-4H3,(H,37,38)/t16-,17+/m1/s1. The molecule has 0 fully saturated rings. The molecule has 0 unspecified atom stereocenters. The van der Waals surface area contributed by atoms with Gasteiger partial charge >= 0.3 is 0 Å². The molecule has 9 nitrogen and oxygen atoms in total. The van der Waals surface area contributed by atoms with E-state index in [4.69, 9.17) is 42.6 Å². The molecular weight excluding hydrogens is 573 g/mol. The summed E-state index contributed by atoms with van der Waals surface area (Å²) in [6.07, 6.45) is 4.23. The van der Waals surface area contributed by atoms with E-state index in [0.29, 0.717) is 74.0 Å². The van der Waals surface area contributed by atoms with E-state index in [0.717, 1.165) is 29.8 Å². The van der Waals surface area contributed by atoms with Gasteiger partial charge in [0, 0.05) is 34.8 Å². The first-order valence-corrected chi connectivity index (χ1v) is 14.4. The number of nitrogens with one attached hydrogen (secondary N) is 1. The molecule has 0 aliphatic carbocycles. The lowest BCUT2D eigenvalue weighted by Gasteiger charge is -2.15. The average molecular weight is 603 g/mol. The quantitative estimate of drug-likeness (QED) is 0.270. The van der Waals surface area contributed by atoms with Crippen LogP contribution in [0, 0.1) is 5.92 Å². The highest BCUT2D eigenvalue weighted by Gasteiger charge is 2.24. The number of hydrogen-bond acceptors (Lipinski definition) is 9. The van der Waals surface area contributed by atoms with Gasteiger partial charge in [-0.2, -0.15) is 0 Å². The largest absolute Gasteiger partial charge is 0.479 e. The van der Waals surface area contributed by atoms with Crippen molar-refractivity contribution in [2.45, 2.75) is 26.3 Å². The number of ether oxygens (including phenoxy) is 2. The Hall–Kier alpha value is -4.08. The van der Waals surface area contributed by atoms with Gasteiger partial charge in [-0.3, -0.25) is 9.98 Å². The minimum absolute atomic E-state index is 0.230. The lowest BCUT2D eigenvalue weighted by molar-refractivity contribution is 0.395. The second-order valence-electron chi connectivity index (χ2n) is 10.4. The third kappa shape index (κ3) is 5.18. The van der Waals surface area contributed by atoms with E-state index in [1.165, 1.54) is 0 Å². The number of aromatic nitrogens is 4. The Kier molecular flexibility index (Phi) is 7.79. The van der Waals surface area contributed by atoms with Gasteiger partial charge in [0.15, 0.2) is 11.5 Å². The van der Waals surface area contributed by atoms with Crippen LogP contribution in [-0.2, 0) is 0 Å². The van der Waals surface area contributed by atoms with Crippen LogP contribution in [0.4, 0.5) is 0 Å². The summed E-state index contributed by atoms with van der Waals surface area (Å²) >= 11 is 14.0.